The Bertz CT molecular complexity index is 233. The molecule has 7 nitrogen and oxygen atoms in total. The summed E-state index contributed by atoms with van der Waals surface area (Å²) in [5.41, 5.74) is 0. The monoisotopic (exact) mass is 203 g/mol. The van der Waals surface area contributed by atoms with Gasteiger partial charge in [-0.25, -0.2) is 4.57 Å². The molecule has 0 aliphatic heterocycles. The Kier molecular flexibility index (Phi) is 7.06. The SMILES string of the molecule is COCCC[n+]1cc[nH]c1.O=[N+]([O-])[O-]. The summed E-state index contributed by atoms with van der Waals surface area (Å²) in [6, 6.07) is 0. The number of rotatable bonds is 4. The van der Waals surface area contributed by atoms with Crippen molar-refractivity contribution in [2.24, 2.45) is 0 Å². The summed E-state index contributed by atoms with van der Waals surface area (Å²) in [6.45, 7) is 1.86. The summed E-state index contributed by atoms with van der Waals surface area (Å²) >= 11 is 0. The Morgan fingerprint density at radius 2 is 2.21 bits per heavy atom. The van der Waals surface area contributed by atoms with E-state index in [9.17, 15) is 0 Å². The minimum Gasteiger partial charge on any atom is -0.385 e. The van der Waals surface area contributed by atoms with Crippen molar-refractivity contribution >= 4 is 0 Å². The molecule has 1 aromatic rings. The smallest absolute Gasteiger partial charge is 0.241 e. The predicted octanol–water partition coefficient (Wildman–Crippen LogP) is 0.0996. The lowest BCUT2D eigenvalue weighted by molar-refractivity contribution is -0.696. The Morgan fingerprint density at radius 1 is 1.57 bits per heavy atom. The lowest BCUT2D eigenvalue weighted by Crippen LogP contribution is -2.30. The first-order chi connectivity index (χ1) is 6.66. The van der Waals surface area contributed by atoms with Gasteiger partial charge in [-0.3, -0.25) is 4.98 Å². The topological polar surface area (TPSA) is 95.1 Å². The fraction of sp³-hybridized carbons (Fsp3) is 0.571. The summed E-state index contributed by atoms with van der Waals surface area (Å²) in [4.78, 5) is 11.2. The van der Waals surface area contributed by atoms with Gasteiger partial charge in [-0.1, -0.05) is 0 Å². The van der Waals surface area contributed by atoms with Crippen molar-refractivity contribution in [1.82, 2.24) is 4.98 Å². The number of aromatic amines is 1. The van der Waals surface area contributed by atoms with Crippen LogP contribution in [0, 0.1) is 15.3 Å². The summed E-state index contributed by atoms with van der Waals surface area (Å²) < 4.78 is 7.01. The molecule has 0 saturated heterocycles. The van der Waals surface area contributed by atoms with Gasteiger partial charge in [0.2, 0.25) is 6.33 Å². The Balaban J connectivity index is 0.000000364. The minimum atomic E-state index is -1.75. The van der Waals surface area contributed by atoms with Crippen LogP contribution in [0.3, 0.4) is 0 Å². The van der Waals surface area contributed by atoms with Gasteiger partial charge in [0.25, 0.3) is 0 Å². The van der Waals surface area contributed by atoms with E-state index >= 15 is 0 Å². The zero-order chi connectivity index (χ0) is 10.8. The molecule has 0 saturated carbocycles. The molecule has 0 atom stereocenters. The highest BCUT2D eigenvalue weighted by Gasteiger charge is 1.93. The van der Waals surface area contributed by atoms with E-state index in [1.54, 1.807) is 7.11 Å². The Hall–Kier alpha value is -1.63. The van der Waals surface area contributed by atoms with E-state index in [1.165, 1.54) is 0 Å². The third-order valence-electron chi connectivity index (χ3n) is 1.37. The van der Waals surface area contributed by atoms with Gasteiger partial charge in [-0.05, 0) is 0 Å². The van der Waals surface area contributed by atoms with E-state index < -0.39 is 5.09 Å². The van der Waals surface area contributed by atoms with Crippen LogP contribution in [0.15, 0.2) is 18.7 Å². The summed E-state index contributed by atoms with van der Waals surface area (Å²) in [7, 11) is 1.72. The van der Waals surface area contributed by atoms with E-state index in [1.807, 2.05) is 18.7 Å². The van der Waals surface area contributed by atoms with Gasteiger partial charge >= 0.3 is 0 Å². The van der Waals surface area contributed by atoms with E-state index in [2.05, 4.69) is 9.55 Å². The molecule has 1 rings (SSSR count). The number of methoxy groups -OCH3 is 1. The van der Waals surface area contributed by atoms with E-state index in [4.69, 9.17) is 20.1 Å². The molecule has 1 heterocycles. The van der Waals surface area contributed by atoms with Crippen molar-refractivity contribution in [2.75, 3.05) is 13.7 Å². The fourth-order valence-electron chi connectivity index (χ4n) is 0.851. The number of H-pyrrole nitrogens is 1. The number of nitrogens with zero attached hydrogens (tertiary/aromatic N) is 2. The maximum absolute atomic E-state index is 8.25. The molecule has 0 unspecified atom stereocenters. The highest BCUT2D eigenvalue weighted by atomic mass is 16.9. The molecule has 0 amide bonds. The molecular weight excluding hydrogens is 190 g/mol. The number of hydrogen-bond acceptors (Lipinski definition) is 4. The number of aryl methyl sites for hydroxylation is 1. The van der Waals surface area contributed by atoms with Crippen molar-refractivity contribution in [3.8, 4) is 0 Å². The van der Waals surface area contributed by atoms with Gasteiger partial charge in [-0.15, -0.1) is 0 Å². The lowest BCUT2D eigenvalue weighted by Gasteiger charge is -1.94. The van der Waals surface area contributed by atoms with Crippen LogP contribution in [0.2, 0.25) is 0 Å². The highest BCUT2D eigenvalue weighted by Crippen LogP contribution is 1.79. The average molecular weight is 203 g/mol. The van der Waals surface area contributed by atoms with Gasteiger partial charge in [0, 0.05) is 20.1 Å². The third kappa shape index (κ3) is 8.47. The van der Waals surface area contributed by atoms with E-state index in [0.717, 1.165) is 19.6 Å². The molecule has 1 N–H and O–H groups in total. The van der Waals surface area contributed by atoms with Crippen molar-refractivity contribution in [1.29, 1.82) is 0 Å². The molecule has 0 radical (unpaired) electrons. The average Bonchev–Trinajstić information content (AvgIpc) is 2.56. The molecule has 0 spiro atoms. The Morgan fingerprint density at radius 3 is 2.64 bits per heavy atom. The maximum Gasteiger partial charge on any atom is 0.241 e. The third-order valence-corrected chi connectivity index (χ3v) is 1.37. The maximum atomic E-state index is 8.25. The number of imidazole rings is 1. The van der Waals surface area contributed by atoms with Crippen LogP contribution in [0.25, 0.3) is 0 Å². The standard InChI is InChI=1S/C7H12N2O.NO3/c1-10-6-2-4-9-5-3-8-7-9;2-1(3)4/h3,5,7H,2,4,6H2,1H3;/q;-1/p+1. The number of hydrogen-bond donors (Lipinski definition) is 1. The first-order valence-electron chi connectivity index (χ1n) is 3.99. The minimum absolute atomic E-state index is 0.832. The molecule has 80 valence electrons. The molecule has 0 aromatic carbocycles. The van der Waals surface area contributed by atoms with Gasteiger partial charge in [0.15, 0.2) is 0 Å². The van der Waals surface area contributed by atoms with Crippen LogP contribution >= 0.6 is 0 Å². The van der Waals surface area contributed by atoms with Crippen LogP contribution in [0.5, 0.6) is 0 Å². The number of ether oxygens (including phenoxy) is 1. The summed E-state index contributed by atoms with van der Waals surface area (Å²) in [5.74, 6) is 0. The van der Waals surface area contributed by atoms with Crippen LogP contribution in [0.1, 0.15) is 6.42 Å². The van der Waals surface area contributed by atoms with Crippen LogP contribution in [-0.2, 0) is 11.3 Å². The van der Waals surface area contributed by atoms with Crippen molar-refractivity contribution < 1.29 is 14.4 Å². The molecule has 0 bridgehead atoms. The van der Waals surface area contributed by atoms with E-state index in [-0.39, 0.29) is 0 Å². The van der Waals surface area contributed by atoms with Crippen molar-refractivity contribution in [2.45, 2.75) is 13.0 Å². The highest BCUT2D eigenvalue weighted by molar-refractivity contribution is 4.55. The second-order valence-electron chi connectivity index (χ2n) is 2.42. The summed E-state index contributed by atoms with van der Waals surface area (Å²) in [5, 5.41) is 14.8. The van der Waals surface area contributed by atoms with E-state index in [0.29, 0.717) is 0 Å². The Labute approximate surface area is 81.1 Å². The van der Waals surface area contributed by atoms with Crippen LogP contribution in [-0.4, -0.2) is 23.8 Å². The van der Waals surface area contributed by atoms with Gasteiger partial charge in [0.05, 0.1) is 11.6 Å². The second-order valence-corrected chi connectivity index (χ2v) is 2.42. The zero-order valence-electron chi connectivity index (χ0n) is 7.88. The molecular formula is C7H13N3O4. The molecule has 0 aliphatic rings. The molecule has 0 aliphatic carbocycles. The van der Waals surface area contributed by atoms with Crippen molar-refractivity contribution in [3.63, 3.8) is 0 Å². The van der Waals surface area contributed by atoms with Gasteiger partial charge in [-0.2, -0.15) is 0 Å². The van der Waals surface area contributed by atoms with Crippen LogP contribution < -0.4 is 4.57 Å². The van der Waals surface area contributed by atoms with Gasteiger partial charge < -0.3 is 20.1 Å². The lowest BCUT2D eigenvalue weighted by atomic mass is 10.4. The summed E-state index contributed by atoms with van der Waals surface area (Å²) in [6.07, 6.45) is 6.93. The molecule has 7 heteroatoms. The predicted molar refractivity (Wildman–Crippen MR) is 47.8 cm³/mol. The number of aromatic nitrogens is 2. The van der Waals surface area contributed by atoms with Gasteiger partial charge in [0.1, 0.15) is 12.4 Å². The number of nitrogens with one attached hydrogen (secondary N) is 1. The molecule has 1 aromatic heterocycles. The fourth-order valence-corrected chi connectivity index (χ4v) is 0.851. The first-order valence-corrected chi connectivity index (χ1v) is 3.99. The quantitative estimate of drug-likeness (QED) is 0.325. The largest absolute Gasteiger partial charge is 0.385 e. The molecule has 14 heavy (non-hydrogen) atoms. The van der Waals surface area contributed by atoms with Crippen molar-refractivity contribution in [3.05, 3.63) is 34.0 Å². The van der Waals surface area contributed by atoms with Crippen LogP contribution in [0.4, 0.5) is 0 Å². The normalized spacial score (nSPS) is 8.93. The zero-order valence-corrected chi connectivity index (χ0v) is 7.88. The molecule has 0 fully saturated rings. The first kappa shape index (κ1) is 12.4. The second kappa shape index (κ2) is 7.99.